The van der Waals surface area contributed by atoms with Gasteiger partial charge < -0.3 is 18.9 Å². The first-order chi connectivity index (χ1) is 28.7. The summed E-state index contributed by atoms with van der Waals surface area (Å²) in [7, 11) is 0. The van der Waals surface area contributed by atoms with Gasteiger partial charge in [0.15, 0.2) is 23.0 Å². The molecular weight excluding hydrogens is 709 g/mol. The minimum absolute atomic E-state index is 0.465. The summed E-state index contributed by atoms with van der Waals surface area (Å²) in [6.45, 7) is 6.31. The first-order valence-corrected chi connectivity index (χ1v) is 20.1. The lowest BCUT2D eigenvalue weighted by atomic mass is 9.70. The van der Waals surface area contributed by atoms with Crippen LogP contribution in [0, 0.1) is 0 Å². The SMILES string of the molecule is C=C/C(=C\C)N(c1cccc(-n2c3c(c4ccccc42)C=CCC3)c1)c1cccc2c1Oc1cc3c(cc1O2)C1(c2ccccc2-c2ccccc21)c1ccccc1-3. The first kappa shape index (κ1) is 32.9. The van der Waals surface area contributed by atoms with Crippen LogP contribution in [0.1, 0.15) is 46.9 Å². The Morgan fingerprint density at radius 2 is 1.33 bits per heavy atom. The van der Waals surface area contributed by atoms with Crippen LogP contribution in [0.25, 0.3) is 44.9 Å². The normalized spacial score (nSPS) is 14.7. The molecule has 0 saturated carbocycles. The maximum atomic E-state index is 7.07. The number of anilines is 2. The number of nitrogens with zero attached hydrogens (tertiary/aromatic N) is 2. The highest BCUT2D eigenvalue weighted by Gasteiger charge is 2.52. The zero-order valence-electron chi connectivity index (χ0n) is 32.1. The number of rotatable bonds is 5. The summed E-state index contributed by atoms with van der Waals surface area (Å²) >= 11 is 0. The molecule has 0 radical (unpaired) electrons. The Morgan fingerprint density at radius 1 is 0.655 bits per heavy atom. The number of benzene rings is 7. The number of hydrogen-bond donors (Lipinski definition) is 0. The van der Waals surface area contributed by atoms with Crippen LogP contribution in [0.5, 0.6) is 23.0 Å². The molecule has 4 aliphatic rings. The molecule has 0 unspecified atom stereocenters. The van der Waals surface area contributed by atoms with Crippen molar-refractivity contribution in [2.45, 2.75) is 25.2 Å². The van der Waals surface area contributed by atoms with Gasteiger partial charge in [0, 0.05) is 33.7 Å². The van der Waals surface area contributed by atoms with Gasteiger partial charge in [0.05, 0.1) is 16.6 Å². The van der Waals surface area contributed by atoms with Gasteiger partial charge in [-0.3, -0.25) is 0 Å². The molecule has 0 atom stereocenters. The van der Waals surface area contributed by atoms with E-state index in [1.165, 1.54) is 61.1 Å². The molecule has 4 heteroatoms. The number of aromatic nitrogens is 1. The molecule has 58 heavy (non-hydrogen) atoms. The average molecular weight is 747 g/mol. The van der Waals surface area contributed by atoms with Gasteiger partial charge in [-0.1, -0.05) is 128 Å². The van der Waals surface area contributed by atoms with E-state index in [4.69, 9.17) is 9.47 Å². The predicted molar refractivity (Wildman–Crippen MR) is 236 cm³/mol. The molecule has 1 aromatic heterocycles. The van der Waals surface area contributed by atoms with E-state index in [9.17, 15) is 0 Å². The highest BCUT2D eigenvalue weighted by Crippen LogP contribution is 2.65. The fourth-order valence-electron chi connectivity index (χ4n) is 10.4. The molecule has 2 heterocycles. The Kier molecular flexibility index (Phi) is 7.00. The Hall–Kier alpha value is -7.30. The molecule has 1 spiro atoms. The summed E-state index contributed by atoms with van der Waals surface area (Å²) in [6, 6.07) is 54.7. The van der Waals surface area contributed by atoms with Crippen molar-refractivity contribution in [2.24, 2.45) is 0 Å². The van der Waals surface area contributed by atoms with Crippen LogP contribution in [0.4, 0.5) is 11.4 Å². The summed E-state index contributed by atoms with van der Waals surface area (Å²) in [6.07, 6.45) is 10.6. The second-order valence-electron chi connectivity index (χ2n) is 15.5. The summed E-state index contributed by atoms with van der Waals surface area (Å²) in [5, 5.41) is 1.28. The van der Waals surface area contributed by atoms with Crippen LogP contribution in [0.3, 0.4) is 0 Å². The number of fused-ring (bicyclic) bond motifs is 15. The van der Waals surface area contributed by atoms with E-state index in [1.54, 1.807) is 0 Å². The zero-order valence-corrected chi connectivity index (χ0v) is 32.1. The van der Waals surface area contributed by atoms with Crippen molar-refractivity contribution in [3.05, 3.63) is 216 Å². The maximum absolute atomic E-state index is 7.07. The minimum atomic E-state index is -0.465. The zero-order chi connectivity index (χ0) is 38.5. The van der Waals surface area contributed by atoms with Crippen LogP contribution >= 0.6 is 0 Å². The fraction of sp³-hybridized carbons (Fsp3) is 0.0741. The Morgan fingerprint density at radius 3 is 2.07 bits per heavy atom. The largest absolute Gasteiger partial charge is 0.449 e. The Balaban J connectivity index is 1.01. The van der Waals surface area contributed by atoms with Crippen LogP contribution in [-0.4, -0.2) is 4.57 Å². The second kappa shape index (κ2) is 12.3. The van der Waals surface area contributed by atoms with E-state index >= 15 is 0 Å². The molecule has 3 aliphatic carbocycles. The topological polar surface area (TPSA) is 26.6 Å². The van der Waals surface area contributed by atoms with Crippen LogP contribution < -0.4 is 14.4 Å². The molecule has 0 saturated heterocycles. The first-order valence-electron chi connectivity index (χ1n) is 20.1. The van der Waals surface area contributed by atoms with Gasteiger partial charge in [-0.25, -0.2) is 0 Å². The highest BCUT2D eigenvalue weighted by atomic mass is 16.6. The van der Waals surface area contributed by atoms with Gasteiger partial charge in [-0.15, -0.1) is 0 Å². The maximum Gasteiger partial charge on any atom is 0.194 e. The molecule has 0 fully saturated rings. The lowest BCUT2D eigenvalue weighted by Gasteiger charge is -2.32. The molecule has 0 N–H and O–H groups in total. The van der Waals surface area contributed by atoms with Crippen molar-refractivity contribution in [3.8, 4) is 50.9 Å². The summed E-state index contributed by atoms with van der Waals surface area (Å²) in [5.41, 5.74) is 17.3. The van der Waals surface area contributed by atoms with Crippen molar-refractivity contribution in [1.29, 1.82) is 0 Å². The molecule has 1 aliphatic heterocycles. The van der Waals surface area contributed by atoms with Crippen molar-refractivity contribution in [2.75, 3.05) is 4.90 Å². The number of hydrogen-bond acceptors (Lipinski definition) is 3. The highest BCUT2D eigenvalue weighted by molar-refractivity contribution is 5.97. The quantitative estimate of drug-likeness (QED) is 0.164. The Labute approximate surface area is 337 Å². The van der Waals surface area contributed by atoms with Crippen molar-refractivity contribution in [1.82, 2.24) is 4.57 Å². The number of para-hydroxylation sites is 2. The van der Waals surface area contributed by atoms with Crippen molar-refractivity contribution >= 4 is 28.4 Å². The van der Waals surface area contributed by atoms with Gasteiger partial charge in [0.1, 0.15) is 0 Å². The van der Waals surface area contributed by atoms with E-state index in [1.807, 2.05) is 25.1 Å². The standard InChI is InChI=1S/C54H38N2O2/c1-3-34(4-2)55(35-17-15-18-36(31-35)56-47-27-13-8-22-40(47)41-23-9-14-28-48(41)56)49-29-16-30-50-53(49)58-51-32-42-39-21-7-12-26-45(39)54(46(42)33-52(51)57-50)43-24-10-5-19-37(43)38-20-6-11-25-44(38)54/h3-13,15-27,29-33H,1,14,28H2,2H3/b34-4+. The monoisotopic (exact) mass is 746 g/mol. The van der Waals surface area contributed by atoms with E-state index in [0.29, 0.717) is 23.0 Å². The van der Waals surface area contributed by atoms with E-state index in [2.05, 4.69) is 174 Å². The van der Waals surface area contributed by atoms with Crippen LogP contribution in [-0.2, 0) is 11.8 Å². The van der Waals surface area contributed by atoms with Crippen LogP contribution in [0.2, 0.25) is 0 Å². The lowest BCUT2D eigenvalue weighted by molar-refractivity contribution is 0.360. The molecule has 276 valence electrons. The summed E-state index contributed by atoms with van der Waals surface area (Å²) < 4.78 is 16.4. The van der Waals surface area contributed by atoms with E-state index in [-0.39, 0.29) is 0 Å². The van der Waals surface area contributed by atoms with Crippen molar-refractivity contribution < 1.29 is 9.47 Å². The molecule has 12 rings (SSSR count). The molecular formula is C54H38N2O2. The third kappa shape index (κ3) is 4.34. The third-order valence-corrected chi connectivity index (χ3v) is 12.6. The van der Waals surface area contributed by atoms with Gasteiger partial charge in [0.2, 0.25) is 0 Å². The second-order valence-corrected chi connectivity index (χ2v) is 15.5. The Bertz CT molecular complexity index is 3080. The van der Waals surface area contributed by atoms with Gasteiger partial charge in [-0.05, 0) is 119 Å². The summed E-state index contributed by atoms with van der Waals surface area (Å²) in [4.78, 5) is 2.23. The van der Waals surface area contributed by atoms with Gasteiger partial charge in [-0.2, -0.15) is 0 Å². The minimum Gasteiger partial charge on any atom is -0.449 e. The molecule has 4 nitrogen and oxygen atoms in total. The van der Waals surface area contributed by atoms with Gasteiger partial charge >= 0.3 is 0 Å². The molecule has 0 amide bonds. The fourth-order valence-corrected chi connectivity index (χ4v) is 10.4. The average Bonchev–Trinajstić information content (AvgIpc) is 3.88. The van der Waals surface area contributed by atoms with Crippen molar-refractivity contribution in [3.63, 3.8) is 0 Å². The predicted octanol–water partition coefficient (Wildman–Crippen LogP) is 14.1. The van der Waals surface area contributed by atoms with Gasteiger partial charge in [0.25, 0.3) is 0 Å². The van der Waals surface area contributed by atoms with E-state index in [0.717, 1.165) is 41.2 Å². The molecule has 0 bridgehead atoms. The summed E-state index contributed by atoms with van der Waals surface area (Å²) in [5.74, 6) is 2.73. The smallest absolute Gasteiger partial charge is 0.194 e. The third-order valence-electron chi connectivity index (χ3n) is 12.6. The molecule has 8 aromatic rings. The number of allylic oxidation sites excluding steroid dienone is 3. The van der Waals surface area contributed by atoms with Crippen LogP contribution in [0.15, 0.2) is 182 Å². The molecule has 7 aromatic carbocycles. The van der Waals surface area contributed by atoms with E-state index < -0.39 is 5.41 Å². The lowest BCUT2D eigenvalue weighted by Crippen LogP contribution is -2.26. The number of ether oxygens (including phenoxy) is 2.